The Balaban J connectivity index is 2.08. The second-order valence-corrected chi connectivity index (χ2v) is 7.97. The standard InChI is InChI=1S/C24H23Cl2NO5/c1-3-12-32-17-8-5-15(6-9-17)22(28)20-21(18-10-7-16(25)14-19(18)26)27(11-4-13-31-2)24(30)23(20)29/h3,5-10,14,21,28H,1,4,11-13H2,2H3/b22-20+. The molecule has 1 heterocycles. The molecule has 0 aliphatic carbocycles. The molecule has 0 spiro atoms. The van der Waals surface area contributed by atoms with Crippen LogP contribution in [-0.2, 0) is 14.3 Å². The van der Waals surface area contributed by atoms with Gasteiger partial charge in [0.15, 0.2) is 0 Å². The predicted molar refractivity (Wildman–Crippen MR) is 124 cm³/mol. The second-order valence-electron chi connectivity index (χ2n) is 7.13. The van der Waals surface area contributed by atoms with Crippen molar-refractivity contribution in [2.75, 3.05) is 26.9 Å². The molecular weight excluding hydrogens is 453 g/mol. The minimum atomic E-state index is -0.853. The van der Waals surface area contributed by atoms with E-state index < -0.39 is 17.7 Å². The van der Waals surface area contributed by atoms with E-state index in [0.717, 1.165) is 0 Å². The normalized spacial score (nSPS) is 17.6. The molecule has 1 amide bonds. The molecule has 2 aromatic carbocycles. The lowest BCUT2D eigenvalue weighted by Crippen LogP contribution is -2.31. The lowest BCUT2D eigenvalue weighted by Gasteiger charge is -2.26. The highest BCUT2D eigenvalue weighted by Gasteiger charge is 2.46. The van der Waals surface area contributed by atoms with Crippen LogP contribution in [-0.4, -0.2) is 48.6 Å². The third-order valence-corrected chi connectivity index (χ3v) is 5.60. The summed E-state index contributed by atoms with van der Waals surface area (Å²) in [5.74, 6) is -1.19. The van der Waals surface area contributed by atoms with E-state index in [1.54, 1.807) is 55.7 Å². The average Bonchev–Trinajstić information content (AvgIpc) is 3.02. The number of benzene rings is 2. The van der Waals surface area contributed by atoms with E-state index in [1.165, 1.54) is 4.90 Å². The molecule has 1 unspecified atom stereocenters. The molecule has 8 heteroatoms. The van der Waals surface area contributed by atoms with E-state index in [4.69, 9.17) is 32.7 Å². The molecule has 0 saturated carbocycles. The Kier molecular flexibility index (Phi) is 7.96. The topological polar surface area (TPSA) is 76.1 Å². The maximum absolute atomic E-state index is 13.0. The van der Waals surface area contributed by atoms with Crippen molar-refractivity contribution in [2.45, 2.75) is 12.5 Å². The molecule has 0 bridgehead atoms. The number of hydrogen-bond donors (Lipinski definition) is 1. The highest BCUT2D eigenvalue weighted by atomic mass is 35.5. The van der Waals surface area contributed by atoms with Gasteiger partial charge in [0, 0.05) is 35.9 Å². The summed E-state index contributed by atoms with van der Waals surface area (Å²) in [6.07, 6.45) is 2.13. The minimum Gasteiger partial charge on any atom is -0.507 e. The minimum absolute atomic E-state index is 0.0311. The molecule has 1 aliphatic rings. The first-order chi connectivity index (χ1) is 15.4. The number of Topliss-reactive ketones (excluding diaryl/α,β-unsaturated/α-hetero) is 1. The van der Waals surface area contributed by atoms with Crippen molar-refractivity contribution in [3.63, 3.8) is 0 Å². The van der Waals surface area contributed by atoms with Crippen LogP contribution in [0.4, 0.5) is 0 Å². The van der Waals surface area contributed by atoms with E-state index in [9.17, 15) is 14.7 Å². The highest BCUT2D eigenvalue weighted by molar-refractivity contribution is 6.47. The fourth-order valence-electron chi connectivity index (χ4n) is 3.56. The highest BCUT2D eigenvalue weighted by Crippen LogP contribution is 2.42. The summed E-state index contributed by atoms with van der Waals surface area (Å²) in [6, 6.07) is 10.5. The van der Waals surface area contributed by atoms with Gasteiger partial charge < -0.3 is 19.5 Å². The molecule has 1 aliphatic heterocycles. The third-order valence-electron chi connectivity index (χ3n) is 5.04. The molecule has 1 N–H and O–H groups in total. The molecule has 6 nitrogen and oxygen atoms in total. The molecule has 1 saturated heterocycles. The Morgan fingerprint density at radius 2 is 1.91 bits per heavy atom. The van der Waals surface area contributed by atoms with Crippen LogP contribution in [0.25, 0.3) is 5.76 Å². The summed E-state index contributed by atoms with van der Waals surface area (Å²) in [6.45, 7) is 4.61. The van der Waals surface area contributed by atoms with Crippen molar-refractivity contribution in [3.05, 3.63) is 81.9 Å². The van der Waals surface area contributed by atoms with Gasteiger partial charge in [-0.1, -0.05) is 41.9 Å². The smallest absolute Gasteiger partial charge is 0.295 e. The van der Waals surface area contributed by atoms with Crippen LogP contribution in [0.1, 0.15) is 23.6 Å². The van der Waals surface area contributed by atoms with Gasteiger partial charge in [0.25, 0.3) is 11.7 Å². The van der Waals surface area contributed by atoms with E-state index in [1.807, 2.05) is 0 Å². The largest absolute Gasteiger partial charge is 0.507 e. The van der Waals surface area contributed by atoms with Crippen molar-refractivity contribution >= 4 is 40.7 Å². The number of halogens is 2. The van der Waals surface area contributed by atoms with Gasteiger partial charge in [-0.25, -0.2) is 0 Å². The molecular formula is C24H23Cl2NO5. The van der Waals surface area contributed by atoms with Crippen molar-refractivity contribution in [2.24, 2.45) is 0 Å². The summed E-state index contributed by atoms with van der Waals surface area (Å²) in [4.78, 5) is 27.3. The van der Waals surface area contributed by atoms with Crippen LogP contribution < -0.4 is 4.74 Å². The number of hydrogen-bond acceptors (Lipinski definition) is 5. The molecule has 32 heavy (non-hydrogen) atoms. The maximum atomic E-state index is 13.0. The zero-order chi connectivity index (χ0) is 23.3. The van der Waals surface area contributed by atoms with Gasteiger partial charge >= 0.3 is 0 Å². The van der Waals surface area contributed by atoms with Gasteiger partial charge in [-0.3, -0.25) is 9.59 Å². The van der Waals surface area contributed by atoms with E-state index in [2.05, 4.69) is 6.58 Å². The average molecular weight is 476 g/mol. The van der Waals surface area contributed by atoms with Gasteiger partial charge in [0.05, 0.1) is 11.6 Å². The molecule has 1 fully saturated rings. The van der Waals surface area contributed by atoms with Gasteiger partial charge in [0.1, 0.15) is 18.1 Å². The number of rotatable bonds is 9. The molecule has 168 valence electrons. The Hall–Kier alpha value is -2.80. The number of likely N-dealkylation sites (tertiary alicyclic amines) is 1. The van der Waals surface area contributed by atoms with Gasteiger partial charge in [-0.15, -0.1) is 0 Å². The van der Waals surface area contributed by atoms with Crippen LogP contribution in [0.15, 0.2) is 60.7 Å². The maximum Gasteiger partial charge on any atom is 0.295 e. The van der Waals surface area contributed by atoms with Crippen LogP contribution in [0.5, 0.6) is 5.75 Å². The number of ether oxygens (including phenoxy) is 2. The zero-order valence-corrected chi connectivity index (χ0v) is 19.0. The summed E-state index contributed by atoms with van der Waals surface area (Å²) >= 11 is 12.5. The van der Waals surface area contributed by atoms with Gasteiger partial charge in [-0.2, -0.15) is 0 Å². The van der Waals surface area contributed by atoms with Crippen LogP contribution in [0.2, 0.25) is 10.0 Å². The molecule has 2 aromatic rings. The second kappa shape index (κ2) is 10.7. The Morgan fingerprint density at radius 1 is 1.19 bits per heavy atom. The number of carbonyl (C=O) groups excluding carboxylic acids is 2. The molecule has 1 atom stereocenters. The summed E-state index contributed by atoms with van der Waals surface area (Å²) in [5, 5.41) is 11.8. The number of methoxy groups -OCH3 is 1. The van der Waals surface area contributed by atoms with Crippen molar-refractivity contribution in [1.29, 1.82) is 0 Å². The number of ketones is 1. The monoisotopic (exact) mass is 475 g/mol. The van der Waals surface area contributed by atoms with Crippen LogP contribution >= 0.6 is 23.2 Å². The van der Waals surface area contributed by atoms with E-state index in [0.29, 0.717) is 46.6 Å². The van der Waals surface area contributed by atoms with Crippen molar-refractivity contribution in [3.8, 4) is 5.75 Å². The zero-order valence-electron chi connectivity index (χ0n) is 17.5. The molecule has 0 aromatic heterocycles. The van der Waals surface area contributed by atoms with E-state index in [-0.39, 0.29) is 17.9 Å². The Morgan fingerprint density at radius 3 is 2.53 bits per heavy atom. The first-order valence-corrected chi connectivity index (χ1v) is 10.7. The fourth-order valence-corrected chi connectivity index (χ4v) is 4.07. The van der Waals surface area contributed by atoms with E-state index >= 15 is 0 Å². The van der Waals surface area contributed by atoms with Crippen molar-refractivity contribution < 1.29 is 24.2 Å². The van der Waals surface area contributed by atoms with Crippen LogP contribution in [0.3, 0.4) is 0 Å². The SMILES string of the molecule is C=CCOc1ccc(/C(O)=C2\C(=O)C(=O)N(CCCOC)C2c2ccc(Cl)cc2Cl)cc1. The Bertz CT molecular complexity index is 1050. The number of aliphatic hydroxyl groups excluding tert-OH is 1. The first kappa shape index (κ1) is 23.9. The molecule has 0 radical (unpaired) electrons. The fraction of sp³-hybridized carbons (Fsp3) is 0.250. The Labute approximate surface area is 196 Å². The summed E-state index contributed by atoms with van der Waals surface area (Å²) in [7, 11) is 1.56. The third kappa shape index (κ3) is 4.99. The van der Waals surface area contributed by atoms with Gasteiger partial charge in [0.2, 0.25) is 0 Å². The first-order valence-electron chi connectivity index (χ1n) is 9.95. The number of aliphatic hydroxyl groups is 1. The summed E-state index contributed by atoms with van der Waals surface area (Å²) in [5.41, 5.74) is 0.845. The molecule has 3 rings (SSSR count). The number of nitrogens with zero attached hydrogens (tertiary/aromatic N) is 1. The lowest BCUT2D eigenvalue weighted by molar-refractivity contribution is -0.140. The number of carbonyl (C=O) groups is 2. The number of amides is 1. The quantitative estimate of drug-likeness (QED) is 0.181. The lowest BCUT2D eigenvalue weighted by atomic mass is 9.95. The summed E-state index contributed by atoms with van der Waals surface area (Å²) < 4.78 is 10.5. The van der Waals surface area contributed by atoms with Gasteiger partial charge in [-0.05, 0) is 48.4 Å². The predicted octanol–water partition coefficient (Wildman–Crippen LogP) is 5.02. The van der Waals surface area contributed by atoms with Crippen molar-refractivity contribution in [1.82, 2.24) is 4.90 Å². The van der Waals surface area contributed by atoms with Crippen LogP contribution in [0, 0.1) is 0 Å².